The number of carbonyl (C=O) groups excluding carboxylic acids is 3. The summed E-state index contributed by atoms with van der Waals surface area (Å²) in [6.07, 6.45) is 0.995. The standard InChI is InChI=1S/C28H27N3O4/c32-25(30(19-22-11-5-2-6-12-22)17-15-21-9-3-1-4-10-21)20-31-26(33)28(29-27(31)34)16-18-35-24-14-8-7-13-23(24)28/h1-14H,15-20H2,(H,29,34). The van der Waals surface area contributed by atoms with Crippen LogP contribution in [0.2, 0.25) is 0 Å². The summed E-state index contributed by atoms with van der Waals surface area (Å²) in [5.74, 6) is -0.103. The number of benzene rings is 3. The monoisotopic (exact) mass is 469 g/mol. The minimum atomic E-state index is -1.19. The first kappa shape index (κ1) is 22.7. The minimum absolute atomic E-state index is 0.273. The zero-order chi connectivity index (χ0) is 24.3. The second-order valence-corrected chi connectivity index (χ2v) is 8.86. The summed E-state index contributed by atoms with van der Waals surface area (Å²) in [7, 11) is 0. The maximum atomic E-state index is 13.6. The molecule has 4 amide bonds. The molecular weight excluding hydrogens is 442 g/mol. The van der Waals surface area contributed by atoms with Crippen LogP contribution in [-0.4, -0.2) is 47.3 Å². The Labute approximate surface area is 204 Å². The highest BCUT2D eigenvalue weighted by molar-refractivity contribution is 6.09. The fraction of sp³-hybridized carbons (Fsp3) is 0.250. The number of hydrogen-bond donors (Lipinski definition) is 1. The van der Waals surface area contributed by atoms with Gasteiger partial charge in [-0.15, -0.1) is 0 Å². The molecule has 0 radical (unpaired) electrons. The summed E-state index contributed by atoms with van der Waals surface area (Å²) >= 11 is 0. The molecule has 0 bridgehead atoms. The van der Waals surface area contributed by atoms with Crippen molar-refractivity contribution in [2.24, 2.45) is 0 Å². The van der Waals surface area contributed by atoms with Crippen LogP contribution in [0.4, 0.5) is 4.79 Å². The zero-order valence-corrected chi connectivity index (χ0v) is 19.4. The maximum absolute atomic E-state index is 13.6. The van der Waals surface area contributed by atoms with Crippen molar-refractivity contribution in [2.75, 3.05) is 19.7 Å². The van der Waals surface area contributed by atoms with Crippen LogP contribution < -0.4 is 10.1 Å². The lowest BCUT2D eigenvalue weighted by Gasteiger charge is -2.33. The van der Waals surface area contributed by atoms with E-state index in [9.17, 15) is 14.4 Å². The molecule has 1 atom stereocenters. The van der Waals surface area contributed by atoms with Gasteiger partial charge in [-0.05, 0) is 23.6 Å². The van der Waals surface area contributed by atoms with Gasteiger partial charge in [0.1, 0.15) is 12.3 Å². The van der Waals surface area contributed by atoms with Crippen molar-refractivity contribution in [1.82, 2.24) is 15.1 Å². The van der Waals surface area contributed by atoms with Gasteiger partial charge in [0, 0.05) is 25.1 Å². The molecule has 2 heterocycles. The molecule has 2 aliphatic heterocycles. The van der Waals surface area contributed by atoms with Crippen molar-refractivity contribution in [2.45, 2.75) is 24.9 Å². The number of nitrogens with zero attached hydrogens (tertiary/aromatic N) is 2. The van der Waals surface area contributed by atoms with Gasteiger partial charge in [0.05, 0.1) is 6.61 Å². The number of amides is 4. The molecule has 1 spiro atoms. The van der Waals surface area contributed by atoms with Crippen LogP contribution in [0.25, 0.3) is 0 Å². The Morgan fingerprint density at radius 3 is 2.31 bits per heavy atom. The van der Waals surface area contributed by atoms with Crippen LogP contribution in [0.3, 0.4) is 0 Å². The van der Waals surface area contributed by atoms with E-state index < -0.39 is 17.5 Å². The maximum Gasteiger partial charge on any atom is 0.325 e. The lowest BCUT2D eigenvalue weighted by atomic mass is 9.84. The van der Waals surface area contributed by atoms with E-state index >= 15 is 0 Å². The molecule has 1 N–H and O–H groups in total. The number of imide groups is 1. The van der Waals surface area contributed by atoms with Crippen molar-refractivity contribution in [3.63, 3.8) is 0 Å². The number of ether oxygens (including phenoxy) is 1. The number of hydrogen-bond acceptors (Lipinski definition) is 4. The van der Waals surface area contributed by atoms with E-state index in [0.29, 0.717) is 43.9 Å². The molecule has 178 valence electrons. The predicted molar refractivity (Wildman–Crippen MR) is 130 cm³/mol. The smallest absolute Gasteiger partial charge is 0.325 e. The summed E-state index contributed by atoms with van der Waals surface area (Å²) in [5, 5.41) is 2.86. The fourth-order valence-corrected chi connectivity index (χ4v) is 4.76. The van der Waals surface area contributed by atoms with Gasteiger partial charge in [0.25, 0.3) is 5.91 Å². The number of nitrogens with one attached hydrogen (secondary N) is 1. The third kappa shape index (κ3) is 4.49. The predicted octanol–water partition coefficient (Wildman–Crippen LogP) is 3.49. The normalized spacial score (nSPS) is 18.7. The molecule has 0 aliphatic carbocycles. The average molecular weight is 470 g/mol. The third-order valence-corrected chi connectivity index (χ3v) is 6.63. The molecule has 1 fully saturated rings. The van der Waals surface area contributed by atoms with Gasteiger partial charge in [-0.25, -0.2) is 4.79 Å². The highest BCUT2D eigenvalue weighted by Gasteiger charge is 2.55. The summed E-state index contributed by atoms with van der Waals surface area (Å²) in [6.45, 7) is 0.875. The second kappa shape index (κ2) is 9.62. The highest BCUT2D eigenvalue weighted by atomic mass is 16.5. The van der Waals surface area contributed by atoms with E-state index in [0.717, 1.165) is 16.0 Å². The van der Waals surface area contributed by atoms with Crippen molar-refractivity contribution >= 4 is 17.8 Å². The molecule has 35 heavy (non-hydrogen) atoms. The Morgan fingerprint density at radius 1 is 0.914 bits per heavy atom. The number of carbonyl (C=O) groups is 3. The molecule has 0 saturated carbocycles. The Morgan fingerprint density at radius 2 is 1.57 bits per heavy atom. The molecule has 1 saturated heterocycles. The number of rotatable bonds is 7. The zero-order valence-electron chi connectivity index (χ0n) is 19.4. The lowest BCUT2D eigenvalue weighted by molar-refractivity contribution is -0.140. The summed E-state index contributed by atoms with van der Waals surface area (Å²) in [5.41, 5.74) is 1.54. The first-order chi connectivity index (χ1) is 17.1. The number of fused-ring (bicyclic) bond motifs is 2. The second-order valence-electron chi connectivity index (χ2n) is 8.86. The van der Waals surface area contributed by atoms with E-state index in [2.05, 4.69) is 5.32 Å². The highest BCUT2D eigenvalue weighted by Crippen LogP contribution is 2.40. The van der Waals surface area contributed by atoms with Crippen LogP contribution in [0.1, 0.15) is 23.1 Å². The molecule has 7 nitrogen and oxygen atoms in total. The SMILES string of the molecule is O=C(CN1C(=O)NC2(CCOc3ccccc32)C1=O)N(CCc1ccccc1)Cc1ccccc1. The molecule has 0 aromatic heterocycles. The van der Waals surface area contributed by atoms with Crippen molar-refractivity contribution in [3.8, 4) is 5.75 Å². The third-order valence-electron chi connectivity index (χ3n) is 6.63. The van der Waals surface area contributed by atoms with Gasteiger partial charge < -0.3 is 15.0 Å². The van der Waals surface area contributed by atoms with Crippen LogP contribution in [-0.2, 0) is 28.1 Å². The summed E-state index contributed by atoms with van der Waals surface area (Å²) in [6, 6.07) is 26.3. The van der Waals surface area contributed by atoms with E-state index in [1.165, 1.54) is 0 Å². The molecular formula is C28H27N3O4. The van der Waals surface area contributed by atoms with Crippen LogP contribution >= 0.6 is 0 Å². The van der Waals surface area contributed by atoms with Crippen LogP contribution in [0.15, 0.2) is 84.9 Å². The van der Waals surface area contributed by atoms with E-state index in [4.69, 9.17) is 4.74 Å². The van der Waals surface area contributed by atoms with E-state index in [1.54, 1.807) is 17.0 Å². The number of urea groups is 1. The number of para-hydroxylation sites is 1. The van der Waals surface area contributed by atoms with E-state index in [1.807, 2.05) is 72.8 Å². The Bertz CT molecular complexity index is 1230. The summed E-state index contributed by atoms with van der Waals surface area (Å²) < 4.78 is 5.69. The Kier molecular flexibility index (Phi) is 6.23. The van der Waals surface area contributed by atoms with Gasteiger partial charge in [0.2, 0.25) is 5.91 Å². The van der Waals surface area contributed by atoms with E-state index in [-0.39, 0.29) is 12.5 Å². The van der Waals surface area contributed by atoms with Gasteiger partial charge in [-0.3, -0.25) is 14.5 Å². The van der Waals surface area contributed by atoms with Gasteiger partial charge in [0.15, 0.2) is 5.54 Å². The largest absolute Gasteiger partial charge is 0.493 e. The van der Waals surface area contributed by atoms with Gasteiger partial charge >= 0.3 is 6.03 Å². The van der Waals surface area contributed by atoms with Gasteiger partial charge in [-0.1, -0.05) is 78.9 Å². The molecule has 5 rings (SSSR count). The lowest BCUT2D eigenvalue weighted by Crippen LogP contribution is -2.48. The molecule has 2 aliphatic rings. The Balaban J connectivity index is 1.35. The quantitative estimate of drug-likeness (QED) is 0.538. The van der Waals surface area contributed by atoms with Crippen molar-refractivity contribution in [1.29, 1.82) is 0 Å². The van der Waals surface area contributed by atoms with Crippen LogP contribution in [0.5, 0.6) is 5.75 Å². The van der Waals surface area contributed by atoms with Crippen molar-refractivity contribution in [3.05, 3.63) is 102 Å². The molecule has 3 aromatic rings. The molecule has 1 unspecified atom stereocenters. The van der Waals surface area contributed by atoms with Crippen LogP contribution in [0, 0.1) is 0 Å². The van der Waals surface area contributed by atoms with Gasteiger partial charge in [-0.2, -0.15) is 0 Å². The summed E-state index contributed by atoms with van der Waals surface area (Å²) in [4.78, 5) is 42.7. The Hall–Kier alpha value is -4.13. The average Bonchev–Trinajstić information content (AvgIpc) is 3.12. The molecule has 3 aromatic carbocycles. The van der Waals surface area contributed by atoms with Crippen molar-refractivity contribution < 1.29 is 19.1 Å². The topological polar surface area (TPSA) is 79.0 Å². The molecule has 7 heteroatoms. The fourth-order valence-electron chi connectivity index (χ4n) is 4.76. The minimum Gasteiger partial charge on any atom is -0.493 e. The first-order valence-corrected chi connectivity index (χ1v) is 11.8. The first-order valence-electron chi connectivity index (χ1n) is 11.8.